The zero-order chi connectivity index (χ0) is 31.3. The van der Waals surface area contributed by atoms with E-state index in [9.17, 15) is 9.59 Å². The average Bonchev–Trinajstić information content (AvgIpc) is 3.75. The molecule has 2 fully saturated rings. The van der Waals surface area contributed by atoms with Crippen molar-refractivity contribution < 1.29 is 23.6 Å². The molecule has 3 aromatic heterocycles. The first-order valence-corrected chi connectivity index (χ1v) is 16.4. The van der Waals surface area contributed by atoms with Crippen LogP contribution >= 0.6 is 0 Å². The van der Waals surface area contributed by atoms with E-state index >= 15 is 0 Å². The summed E-state index contributed by atoms with van der Waals surface area (Å²) < 4.78 is 19.7. The lowest BCUT2D eigenvalue weighted by atomic mass is 9.64. The van der Waals surface area contributed by atoms with Crippen molar-refractivity contribution in [2.24, 2.45) is 0 Å². The molecule has 1 saturated carbocycles. The van der Waals surface area contributed by atoms with Crippen molar-refractivity contribution in [1.82, 2.24) is 34.7 Å². The van der Waals surface area contributed by atoms with Gasteiger partial charge in [0.1, 0.15) is 18.0 Å². The van der Waals surface area contributed by atoms with Gasteiger partial charge in [0, 0.05) is 48.8 Å². The Morgan fingerprint density at radius 3 is 2.71 bits per heavy atom. The van der Waals surface area contributed by atoms with Gasteiger partial charge in [0.15, 0.2) is 23.1 Å². The number of likely N-dealkylation sites (tertiary alicyclic amines) is 1. The van der Waals surface area contributed by atoms with Crippen molar-refractivity contribution >= 4 is 11.9 Å². The predicted octanol–water partition coefficient (Wildman–Crippen LogP) is 4.80. The van der Waals surface area contributed by atoms with Gasteiger partial charge in [0.2, 0.25) is 5.88 Å². The summed E-state index contributed by atoms with van der Waals surface area (Å²) >= 11 is 0. The third-order valence-electron chi connectivity index (χ3n) is 9.78. The number of ether oxygens (including phenoxy) is 2. The molecular formula is C33H43N7O5. The standard InChI is InChI=1S/C33H43N7O5/c1-32(2,3)44-31(42)39-16-12-24-21(18-39)19-40(36-24)26-17-27(43-20-22-9-8-15-38(22)4)35-30(34-26)28-23-10-7-14-33(29(23)45-37-28)13-6-5-11-25(33)41/h17,19,22H,5-16,18,20H2,1-4H3/t22-,33+/m0/s1. The maximum absolute atomic E-state index is 13.3. The number of ketones is 1. The summed E-state index contributed by atoms with van der Waals surface area (Å²) in [5, 5.41) is 9.36. The van der Waals surface area contributed by atoms with Crippen LogP contribution in [0.5, 0.6) is 5.88 Å². The molecule has 0 radical (unpaired) electrons. The maximum atomic E-state index is 13.3. The molecule has 4 aliphatic rings. The molecule has 5 heterocycles. The second-order valence-electron chi connectivity index (χ2n) is 14.1. The van der Waals surface area contributed by atoms with Crippen LogP contribution in [0.2, 0.25) is 0 Å². The summed E-state index contributed by atoms with van der Waals surface area (Å²) in [4.78, 5) is 39.8. The number of aromatic nitrogens is 5. The summed E-state index contributed by atoms with van der Waals surface area (Å²) in [6.45, 7) is 8.12. The van der Waals surface area contributed by atoms with Gasteiger partial charge < -0.3 is 23.8 Å². The van der Waals surface area contributed by atoms with E-state index in [1.807, 2.05) is 27.0 Å². The first-order chi connectivity index (χ1) is 21.6. The Bertz CT molecular complexity index is 1610. The van der Waals surface area contributed by atoms with Crippen molar-refractivity contribution in [1.29, 1.82) is 0 Å². The van der Waals surface area contributed by atoms with Gasteiger partial charge in [-0.3, -0.25) is 4.79 Å². The van der Waals surface area contributed by atoms with E-state index in [4.69, 9.17) is 29.1 Å². The molecule has 45 heavy (non-hydrogen) atoms. The Kier molecular flexibility index (Phi) is 7.66. The highest BCUT2D eigenvalue weighted by atomic mass is 16.6. The van der Waals surface area contributed by atoms with E-state index in [1.165, 1.54) is 0 Å². The summed E-state index contributed by atoms with van der Waals surface area (Å²) in [5.41, 5.74) is 2.22. The van der Waals surface area contributed by atoms with Gasteiger partial charge in [-0.2, -0.15) is 10.1 Å². The quantitative estimate of drug-likeness (QED) is 0.394. The van der Waals surface area contributed by atoms with Crippen LogP contribution in [-0.4, -0.2) is 85.0 Å². The number of amides is 1. The van der Waals surface area contributed by atoms with Crippen LogP contribution in [0, 0.1) is 0 Å². The first-order valence-electron chi connectivity index (χ1n) is 16.4. The van der Waals surface area contributed by atoms with Crippen molar-refractivity contribution in [2.45, 2.75) is 109 Å². The number of Topliss-reactive ketones (excluding diaryl/α,β-unsaturated/α-hetero) is 1. The van der Waals surface area contributed by atoms with Gasteiger partial charge in [0.05, 0.1) is 17.7 Å². The first kappa shape index (κ1) is 29.9. The van der Waals surface area contributed by atoms with Crippen molar-refractivity contribution in [2.75, 3.05) is 26.7 Å². The minimum absolute atomic E-state index is 0.263. The number of hydrogen-bond acceptors (Lipinski definition) is 10. The Hall–Kier alpha value is -3.80. The van der Waals surface area contributed by atoms with Gasteiger partial charge in [-0.1, -0.05) is 11.6 Å². The smallest absolute Gasteiger partial charge is 0.410 e. The second kappa shape index (κ2) is 11.5. The number of carbonyl (C=O) groups excluding carboxylic acids is 2. The van der Waals surface area contributed by atoms with Crippen molar-refractivity contribution in [3.63, 3.8) is 0 Å². The van der Waals surface area contributed by atoms with Crippen LogP contribution in [0.25, 0.3) is 17.3 Å². The van der Waals surface area contributed by atoms with Crippen LogP contribution in [-0.2, 0) is 34.3 Å². The fourth-order valence-electron chi connectivity index (χ4n) is 7.36. The highest BCUT2D eigenvalue weighted by Crippen LogP contribution is 2.47. The van der Waals surface area contributed by atoms with Crippen molar-refractivity contribution in [3.8, 4) is 23.2 Å². The normalized spacial score (nSPS) is 23.7. The molecule has 2 aliphatic heterocycles. The highest BCUT2D eigenvalue weighted by molar-refractivity contribution is 5.91. The van der Waals surface area contributed by atoms with E-state index in [2.05, 4.69) is 17.1 Å². The Morgan fingerprint density at radius 1 is 1.09 bits per heavy atom. The van der Waals surface area contributed by atoms with Gasteiger partial charge in [-0.05, 0) is 79.3 Å². The van der Waals surface area contributed by atoms with Gasteiger partial charge in [-0.25, -0.2) is 14.5 Å². The zero-order valence-corrected chi connectivity index (χ0v) is 26.8. The number of likely N-dealkylation sites (N-methyl/N-ethyl adjacent to an activating group) is 1. The van der Waals surface area contributed by atoms with E-state index < -0.39 is 11.0 Å². The van der Waals surface area contributed by atoms with Crippen LogP contribution in [0.15, 0.2) is 16.8 Å². The molecule has 0 bridgehead atoms. The third-order valence-corrected chi connectivity index (χ3v) is 9.78. The topological polar surface area (TPSA) is 129 Å². The lowest BCUT2D eigenvalue weighted by Crippen LogP contribution is -2.41. The molecule has 7 rings (SSSR count). The average molecular weight is 618 g/mol. The van der Waals surface area contributed by atoms with Crippen molar-refractivity contribution in [3.05, 3.63) is 34.8 Å². The SMILES string of the molecule is CN1CCC[C@H]1COc1cc(-n2cc3c(n2)CCN(C(=O)OC(C)(C)C)C3)nc(-c2noc3c2CCC[C@@]32CCCCC2=O)n1. The van der Waals surface area contributed by atoms with E-state index in [1.54, 1.807) is 15.6 Å². The summed E-state index contributed by atoms with van der Waals surface area (Å²) in [6, 6.07) is 2.13. The van der Waals surface area contributed by atoms with E-state index in [-0.39, 0.29) is 11.9 Å². The van der Waals surface area contributed by atoms with Gasteiger partial charge >= 0.3 is 6.09 Å². The molecule has 2 atom stereocenters. The minimum Gasteiger partial charge on any atom is -0.476 e. The van der Waals surface area contributed by atoms with Crippen LogP contribution < -0.4 is 4.74 Å². The molecule has 3 aromatic rings. The molecule has 0 aromatic carbocycles. The molecule has 1 spiro atoms. The van der Waals surface area contributed by atoms with Crippen LogP contribution in [0.4, 0.5) is 4.79 Å². The summed E-state index contributed by atoms with van der Waals surface area (Å²) in [7, 11) is 2.12. The van der Waals surface area contributed by atoms with E-state index in [0.29, 0.717) is 67.6 Å². The molecular weight excluding hydrogens is 574 g/mol. The molecule has 1 amide bonds. The molecule has 240 valence electrons. The molecule has 12 heteroatoms. The maximum Gasteiger partial charge on any atom is 0.410 e. The number of hydrogen-bond donors (Lipinski definition) is 0. The predicted molar refractivity (Wildman–Crippen MR) is 164 cm³/mol. The summed E-state index contributed by atoms with van der Waals surface area (Å²) in [6.07, 6.45) is 10.2. The zero-order valence-electron chi connectivity index (χ0n) is 26.8. The fourth-order valence-corrected chi connectivity index (χ4v) is 7.36. The second-order valence-corrected chi connectivity index (χ2v) is 14.1. The lowest BCUT2D eigenvalue weighted by molar-refractivity contribution is -0.128. The number of nitrogens with zero attached hydrogens (tertiary/aromatic N) is 7. The molecule has 0 unspecified atom stereocenters. The van der Waals surface area contributed by atoms with E-state index in [0.717, 1.165) is 74.7 Å². The molecule has 2 aliphatic carbocycles. The van der Waals surface area contributed by atoms with Crippen LogP contribution in [0.1, 0.15) is 94.7 Å². The Labute approximate surface area is 263 Å². The number of carbonyl (C=O) groups is 2. The molecule has 1 saturated heterocycles. The number of fused-ring (bicyclic) bond motifs is 3. The van der Waals surface area contributed by atoms with Gasteiger partial charge in [0.25, 0.3) is 0 Å². The van der Waals surface area contributed by atoms with Gasteiger partial charge in [-0.15, -0.1) is 0 Å². The molecule has 0 N–H and O–H groups in total. The fraction of sp³-hybridized carbons (Fsp3) is 0.636. The Balaban J connectivity index is 1.23. The molecule has 12 nitrogen and oxygen atoms in total. The third kappa shape index (κ3) is 5.73. The highest BCUT2D eigenvalue weighted by Gasteiger charge is 2.48. The summed E-state index contributed by atoms with van der Waals surface area (Å²) in [5.74, 6) is 2.35. The monoisotopic (exact) mass is 617 g/mol. The lowest BCUT2D eigenvalue weighted by Gasteiger charge is -2.36. The minimum atomic E-state index is -0.581. The largest absolute Gasteiger partial charge is 0.476 e. The Morgan fingerprint density at radius 2 is 1.93 bits per heavy atom. The number of rotatable bonds is 5. The van der Waals surface area contributed by atoms with Crippen LogP contribution in [0.3, 0.4) is 0 Å².